The Balaban J connectivity index is 3.87. The van der Waals surface area contributed by atoms with Crippen LogP contribution in [0.4, 0.5) is 0 Å². The summed E-state index contributed by atoms with van der Waals surface area (Å²) < 4.78 is 4.69. The molecule has 0 spiro atoms. The van der Waals surface area contributed by atoms with Gasteiger partial charge in [-0.25, -0.2) is 4.79 Å². The van der Waals surface area contributed by atoms with Crippen molar-refractivity contribution in [2.75, 3.05) is 6.61 Å². The molecule has 0 aromatic rings. The summed E-state index contributed by atoms with van der Waals surface area (Å²) in [5.74, 6) is 5.16. The normalized spacial score (nSPS) is 10.5. The average molecular weight is 229 g/mol. The molecule has 0 N–H and O–H groups in total. The maximum absolute atomic E-state index is 11.0. The molecular weight excluding hydrogens is 212 g/mol. The van der Waals surface area contributed by atoms with Crippen LogP contribution in [0.15, 0.2) is 11.1 Å². The van der Waals surface area contributed by atoms with E-state index in [0.29, 0.717) is 6.61 Å². The second kappa shape index (κ2) is 9.61. The fourth-order valence-corrected chi connectivity index (χ4v) is 1.02. The largest absolute Gasteiger partial charge is 0.462 e. The van der Waals surface area contributed by atoms with E-state index in [2.05, 4.69) is 18.8 Å². The summed E-state index contributed by atoms with van der Waals surface area (Å²) in [6.45, 7) is 4.20. The van der Waals surface area contributed by atoms with Crippen LogP contribution in [-0.2, 0) is 9.53 Å². The highest BCUT2D eigenvalue weighted by atomic mass is 35.5. The maximum atomic E-state index is 11.0. The average Bonchev–Trinajstić information content (AvgIpc) is 2.23. The fourth-order valence-electron chi connectivity index (χ4n) is 0.909. The Morgan fingerprint density at radius 3 is 2.73 bits per heavy atom. The van der Waals surface area contributed by atoms with Gasteiger partial charge in [-0.15, -0.1) is 0 Å². The van der Waals surface area contributed by atoms with Crippen molar-refractivity contribution in [3.63, 3.8) is 0 Å². The van der Waals surface area contributed by atoms with Gasteiger partial charge in [-0.05, 0) is 13.3 Å². The molecular formula is C12H17ClO2. The van der Waals surface area contributed by atoms with E-state index in [1.165, 1.54) is 18.9 Å². The fraction of sp³-hybridized carbons (Fsp3) is 0.583. The van der Waals surface area contributed by atoms with Gasteiger partial charge in [-0.1, -0.05) is 43.2 Å². The van der Waals surface area contributed by atoms with E-state index in [1.54, 1.807) is 6.92 Å². The zero-order chi connectivity index (χ0) is 11.5. The Labute approximate surface area is 96.6 Å². The maximum Gasteiger partial charge on any atom is 0.350 e. The Morgan fingerprint density at radius 2 is 2.13 bits per heavy atom. The number of ether oxygens (including phenoxy) is 1. The lowest BCUT2D eigenvalue weighted by Crippen LogP contribution is -2.03. The number of esters is 1. The molecule has 84 valence electrons. The highest BCUT2D eigenvalue weighted by molar-refractivity contribution is 6.41. The van der Waals surface area contributed by atoms with Crippen molar-refractivity contribution in [2.24, 2.45) is 0 Å². The lowest BCUT2D eigenvalue weighted by molar-refractivity contribution is -0.137. The van der Waals surface area contributed by atoms with E-state index in [0.717, 1.165) is 12.8 Å². The number of hydrogen-bond donors (Lipinski definition) is 0. The third kappa shape index (κ3) is 8.08. The summed E-state index contributed by atoms with van der Waals surface area (Å²) in [5, 5.41) is 0.0415. The number of unbranched alkanes of at least 4 members (excludes halogenated alkanes) is 3. The smallest absolute Gasteiger partial charge is 0.350 e. The summed E-state index contributed by atoms with van der Waals surface area (Å²) in [5.41, 5.74) is 0. The van der Waals surface area contributed by atoms with E-state index in [1.807, 2.05) is 0 Å². The number of halogens is 1. The highest BCUT2D eigenvalue weighted by Gasteiger charge is 2.04. The van der Waals surface area contributed by atoms with E-state index in [-0.39, 0.29) is 5.03 Å². The number of carbonyl (C=O) groups excluding carboxylic acids is 1. The van der Waals surface area contributed by atoms with Crippen molar-refractivity contribution in [2.45, 2.75) is 39.5 Å². The molecule has 0 aromatic heterocycles. The van der Waals surface area contributed by atoms with Gasteiger partial charge in [0, 0.05) is 12.5 Å². The van der Waals surface area contributed by atoms with Crippen LogP contribution in [0.3, 0.4) is 0 Å². The number of rotatable bonds is 5. The predicted molar refractivity (Wildman–Crippen MR) is 62.5 cm³/mol. The van der Waals surface area contributed by atoms with Gasteiger partial charge in [-0.2, -0.15) is 0 Å². The molecule has 3 heteroatoms. The summed E-state index contributed by atoms with van der Waals surface area (Å²) >= 11 is 5.63. The van der Waals surface area contributed by atoms with Crippen LogP contribution < -0.4 is 0 Å². The molecule has 0 bridgehead atoms. The molecule has 0 aliphatic rings. The third-order valence-corrected chi connectivity index (χ3v) is 1.94. The minimum Gasteiger partial charge on any atom is -0.462 e. The third-order valence-electron chi connectivity index (χ3n) is 1.68. The molecule has 0 saturated carbocycles. The Bertz CT molecular complexity index is 271. The van der Waals surface area contributed by atoms with E-state index < -0.39 is 5.97 Å². The summed E-state index contributed by atoms with van der Waals surface area (Å²) in [7, 11) is 0. The van der Waals surface area contributed by atoms with Crippen LogP contribution in [0.5, 0.6) is 0 Å². The molecule has 0 aromatic carbocycles. The highest BCUT2D eigenvalue weighted by Crippen LogP contribution is 2.03. The first kappa shape index (κ1) is 14.1. The van der Waals surface area contributed by atoms with Crippen molar-refractivity contribution < 1.29 is 9.53 Å². The van der Waals surface area contributed by atoms with Crippen LogP contribution in [-0.4, -0.2) is 12.6 Å². The number of hydrogen-bond acceptors (Lipinski definition) is 2. The molecule has 15 heavy (non-hydrogen) atoms. The van der Waals surface area contributed by atoms with Gasteiger partial charge in [0.2, 0.25) is 0 Å². The molecule has 0 amide bonds. The molecule has 2 nitrogen and oxygen atoms in total. The SMILES string of the molecule is CCCCCC#C/C=C(/Cl)C(=O)OCC. The first-order valence-corrected chi connectivity index (χ1v) is 5.61. The van der Waals surface area contributed by atoms with Crippen molar-refractivity contribution in [1.82, 2.24) is 0 Å². The van der Waals surface area contributed by atoms with Crippen molar-refractivity contribution in [3.05, 3.63) is 11.1 Å². The molecule has 0 atom stereocenters. The molecule has 0 aliphatic heterocycles. The predicted octanol–water partition coefficient (Wildman–Crippen LogP) is 3.26. The topological polar surface area (TPSA) is 26.3 Å². The van der Waals surface area contributed by atoms with E-state index in [9.17, 15) is 4.79 Å². The Kier molecular flexibility index (Phi) is 9.01. The summed E-state index contributed by atoms with van der Waals surface area (Å²) in [6.07, 6.45) is 5.70. The van der Waals surface area contributed by atoms with Crippen LogP contribution in [0.1, 0.15) is 39.5 Å². The van der Waals surface area contributed by atoms with Crippen LogP contribution in [0, 0.1) is 11.8 Å². The molecule has 0 aliphatic carbocycles. The second-order valence-corrected chi connectivity index (χ2v) is 3.40. The first-order chi connectivity index (χ1) is 7.22. The lowest BCUT2D eigenvalue weighted by Gasteiger charge is -1.96. The molecule has 0 fully saturated rings. The van der Waals surface area contributed by atoms with Gasteiger partial charge >= 0.3 is 5.97 Å². The van der Waals surface area contributed by atoms with Crippen molar-refractivity contribution >= 4 is 17.6 Å². The molecule has 0 heterocycles. The van der Waals surface area contributed by atoms with E-state index in [4.69, 9.17) is 16.3 Å². The van der Waals surface area contributed by atoms with Gasteiger partial charge in [-0.3, -0.25) is 0 Å². The van der Waals surface area contributed by atoms with Crippen molar-refractivity contribution in [1.29, 1.82) is 0 Å². The van der Waals surface area contributed by atoms with E-state index >= 15 is 0 Å². The minimum absolute atomic E-state index is 0.0415. The zero-order valence-electron chi connectivity index (χ0n) is 9.31. The number of carbonyl (C=O) groups is 1. The van der Waals surface area contributed by atoms with Gasteiger partial charge < -0.3 is 4.74 Å². The lowest BCUT2D eigenvalue weighted by atomic mass is 10.2. The zero-order valence-corrected chi connectivity index (χ0v) is 10.1. The van der Waals surface area contributed by atoms with Gasteiger partial charge in [0.1, 0.15) is 5.03 Å². The van der Waals surface area contributed by atoms with Gasteiger partial charge in [0.15, 0.2) is 0 Å². The second-order valence-electron chi connectivity index (χ2n) is 2.99. The summed E-state index contributed by atoms with van der Waals surface area (Å²) in [6, 6.07) is 0. The molecule has 0 saturated heterocycles. The molecule has 0 rings (SSSR count). The standard InChI is InChI=1S/C12H17ClO2/c1-3-5-6-7-8-9-10-11(13)12(14)15-4-2/h10H,3-7H2,1-2H3/b11-10+. The minimum atomic E-state index is -0.512. The first-order valence-electron chi connectivity index (χ1n) is 5.23. The number of allylic oxidation sites excluding steroid dienone is 1. The Morgan fingerprint density at radius 1 is 1.40 bits per heavy atom. The van der Waals surface area contributed by atoms with Gasteiger partial charge in [0.05, 0.1) is 6.61 Å². The molecule has 0 unspecified atom stereocenters. The van der Waals surface area contributed by atoms with Crippen LogP contribution in [0.25, 0.3) is 0 Å². The van der Waals surface area contributed by atoms with Crippen LogP contribution in [0.2, 0.25) is 0 Å². The van der Waals surface area contributed by atoms with Crippen molar-refractivity contribution in [3.8, 4) is 11.8 Å². The Hall–Kier alpha value is -0.940. The molecule has 0 radical (unpaired) electrons. The van der Waals surface area contributed by atoms with Crippen LogP contribution >= 0.6 is 11.6 Å². The quantitative estimate of drug-likeness (QED) is 0.313. The monoisotopic (exact) mass is 228 g/mol. The summed E-state index contributed by atoms with van der Waals surface area (Å²) in [4.78, 5) is 11.0. The van der Waals surface area contributed by atoms with Gasteiger partial charge in [0.25, 0.3) is 0 Å².